The molecule has 14 heavy (non-hydrogen) atoms. The van der Waals surface area contributed by atoms with Crippen molar-refractivity contribution in [2.45, 2.75) is 25.3 Å². The van der Waals surface area contributed by atoms with E-state index in [2.05, 4.69) is 20.3 Å². The Morgan fingerprint density at radius 1 is 1.36 bits per heavy atom. The van der Waals surface area contributed by atoms with Crippen molar-refractivity contribution >= 4 is 11.9 Å². The van der Waals surface area contributed by atoms with Gasteiger partial charge in [0, 0.05) is 6.54 Å². The minimum atomic E-state index is -0.360. The summed E-state index contributed by atoms with van der Waals surface area (Å²) in [6, 6.07) is 0. The highest BCUT2D eigenvalue weighted by Crippen LogP contribution is 2.40. The van der Waals surface area contributed by atoms with Gasteiger partial charge in [0.25, 0.3) is 0 Å². The molecule has 1 saturated carbocycles. The molecule has 0 atom stereocenters. The number of nitrogens with two attached hydrogens (primary N) is 2. The van der Waals surface area contributed by atoms with Crippen molar-refractivity contribution in [1.82, 2.24) is 15.0 Å². The molecule has 0 radical (unpaired) electrons. The van der Waals surface area contributed by atoms with Crippen LogP contribution in [0, 0.1) is 0 Å². The number of anilines is 2. The van der Waals surface area contributed by atoms with Gasteiger partial charge in [0.15, 0.2) is 5.82 Å². The van der Waals surface area contributed by atoms with Gasteiger partial charge in [0.1, 0.15) is 0 Å². The quantitative estimate of drug-likeness (QED) is 0.617. The van der Waals surface area contributed by atoms with Crippen LogP contribution in [0.3, 0.4) is 0 Å². The highest BCUT2D eigenvalue weighted by molar-refractivity contribution is 5.33. The van der Waals surface area contributed by atoms with Crippen LogP contribution < -0.4 is 16.8 Å². The van der Waals surface area contributed by atoms with E-state index < -0.39 is 0 Å². The van der Waals surface area contributed by atoms with Gasteiger partial charge in [-0.1, -0.05) is 0 Å². The van der Waals surface area contributed by atoms with Gasteiger partial charge in [-0.05, 0) is 19.8 Å². The molecule has 0 spiro atoms. The summed E-state index contributed by atoms with van der Waals surface area (Å²) in [6.07, 6.45) is 1.84. The van der Waals surface area contributed by atoms with E-state index in [-0.39, 0.29) is 11.5 Å². The molecule has 1 heterocycles. The van der Waals surface area contributed by atoms with E-state index >= 15 is 0 Å². The largest absolute Gasteiger partial charge is 0.368 e. The number of hydrogen-bond acceptors (Lipinski definition) is 6. The first-order valence-electron chi connectivity index (χ1n) is 4.69. The van der Waals surface area contributed by atoms with Crippen molar-refractivity contribution in [2.24, 2.45) is 5.73 Å². The van der Waals surface area contributed by atoms with Gasteiger partial charge < -0.3 is 16.8 Å². The summed E-state index contributed by atoms with van der Waals surface area (Å²) in [5.74, 6) is 1.33. The molecule has 6 nitrogen and oxygen atoms in total. The normalized spacial score (nSPS) is 17.9. The van der Waals surface area contributed by atoms with Crippen LogP contribution in [0.1, 0.15) is 25.6 Å². The molecule has 76 valence electrons. The molecule has 1 aromatic heterocycles. The molecule has 0 amide bonds. The maximum absolute atomic E-state index is 5.97. The van der Waals surface area contributed by atoms with Gasteiger partial charge in [0.05, 0.1) is 5.54 Å². The lowest BCUT2D eigenvalue weighted by Crippen LogP contribution is -2.24. The van der Waals surface area contributed by atoms with Gasteiger partial charge in [-0.15, -0.1) is 0 Å². The molecule has 5 N–H and O–H groups in total. The molecular formula is C8H14N6. The lowest BCUT2D eigenvalue weighted by molar-refractivity contribution is 0.668. The van der Waals surface area contributed by atoms with E-state index in [1.807, 2.05) is 6.92 Å². The maximum Gasteiger partial charge on any atom is 0.227 e. The number of nitrogens with zero attached hydrogens (tertiary/aromatic N) is 3. The summed E-state index contributed by atoms with van der Waals surface area (Å²) in [5.41, 5.74) is 11.2. The highest BCUT2D eigenvalue weighted by atomic mass is 15.2. The number of nitrogen functional groups attached to an aromatic ring is 1. The molecule has 2 rings (SSSR count). The molecule has 6 heteroatoms. The molecule has 0 bridgehead atoms. The summed E-state index contributed by atoms with van der Waals surface area (Å²) >= 11 is 0. The first kappa shape index (κ1) is 9.14. The third-order valence-corrected chi connectivity index (χ3v) is 2.22. The zero-order valence-corrected chi connectivity index (χ0v) is 8.12. The van der Waals surface area contributed by atoms with Crippen LogP contribution in [0.25, 0.3) is 0 Å². The summed E-state index contributed by atoms with van der Waals surface area (Å²) in [7, 11) is 0. The topological polar surface area (TPSA) is 103 Å². The number of nitrogens with one attached hydrogen (secondary N) is 1. The van der Waals surface area contributed by atoms with E-state index in [9.17, 15) is 0 Å². The average Bonchev–Trinajstić information content (AvgIpc) is 2.85. The van der Waals surface area contributed by atoms with Gasteiger partial charge in [-0.3, -0.25) is 0 Å². The smallest absolute Gasteiger partial charge is 0.227 e. The van der Waals surface area contributed by atoms with E-state index in [0.29, 0.717) is 11.8 Å². The molecule has 1 fully saturated rings. The minimum Gasteiger partial charge on any atom is -0.368 e. The average molecular weight is 194 g/mol. The fourth-order valence-electron chi connectivity index (χ4n) is 1.21. The molecule has 0 unspecified atom stereocenters. The van der Waals surface area contributed by atoms with Crippen molar-refractivity contribution in [1.29, 1.82) is 0 Å². The SMILES string of the molecule is CCNc1nc(N)nc(C2(N)CC2)n1. The van der Waals surface area contributed by atoms with Crippen molar-refractivity contribution in [2.75, 3.05) is 17.6 Å². The Labute approximate surface area is 82.1 Å². The van der Waals surface area contributed by atoms with Gasteiger partial charge >= 0.3 is 0 Å². The maximum atomic E-state index is 5.97. The molecule has 1 aliphatic rings. The molecule has 0 aromatic carbocycles. The summed E-state index contributed by atoms with van der Waals surface area (Å²) in [5, 5.41) is 2.99. The third kappa shape index (κ3) is 1.60. The Hall–Kier alpha value is -1.43. The molecule has 1 aromatic rings. The molecule has 1 aliphatic carbocycles. The Morgan fingerprint density at radius 3 is 2.64 bits per heavy atom. The zero-order valence-electron chi connectivity index (χ0n) is 8.12. The van der Waals surface area contributed by atoms with Crippen LogP contribution in [0.15, 0.2) is 0 Å². The number of hydrogen-bond donors (Lipinski definition) is 3. The van der Waals surface area contributed by atoms with Crippen LogP contribution in [0.5, 0.6) is 0 Å². The van der Waals surface area contributed by atoms with Crippen molar-refractivity contribution in [3.05, 3.63) is 5.82 Å². The first-order chi connectivity index (χ1) is 6.64. The second-order valence-corrected chi connectivity index (χ2v) is 3.53. The summed E-state index contributed by atoms with van der Waals surface area (Å²) < 4.78 is 0. The highest BCUT2D eigenvalue weighted by Gasteiger charge is 2.43. The molecule has 0 saturated heterocycles. The Kier molecular flexibility index (Phi) is 1.99. The van der Waals surface area contributed by atoms with Crippen LogP contribution >= 0.6 is 0 Å². The minimum absolute atomic E-state index is 0.225. The number of aromatic nitrogens is 3. The van der Waals surface area contributed by atoms with E-state index in [1.165, 1.54) is 0 Å². The predicted molar refractivity (Wildman–Crippen MR) is 53.5 cm³/mol. The molecular weight excluding hydrogens is 180 g/mol. The van der Waals surface area contributed by atoms with Crippen LogP contribution in [-0.4, -0.2) is 21.5 Å². The fraction of sp³-hybridized carbons (Fsp3) is 0.625. The monoisotopic (exact) mass is 194 g/mol. The first-order valence-corrected chi connectivity index (χ1v) is 4.69. The third-order valence-electron chi connectivity index (χ3n) is 2.22. The predicted octanol–water partition coefficient (Wildman–Crippen LogP) is -0.167. The van der Waals surface area contributed by atoms with Gasteiger partial charge in [-0.25, -0.2) is 0 Å². The Morgan fingerprint density at radius 2 is 2.07 bits per heavy atom. The second kappa shape index (κ2) is 3.06. The van der Waals surface area contributed by atoms with Crippen LogP contribution in [-0.2, 0) is 5.54 Å². The fourth-order valence-corrected chi connectivity index (χ4v) is 1.21. The van der Waals surface area contributed by atoms with Crippen molar-refractivity contribution < 1.29 is 0 Å². The summed E-state index contributed by atoms with van der Waals surface area (Å²) in [4.78, 5) is 12.2. The lowest BCUT2D eigenvalue weighted by atomic mass is 10.3. The number of rotatable bonds is 3. The van der Waals surface area contributed by atoms with Crippen molar-refractivity contribution in [3.8, 4) is 0 Å². The van der Waals surface area contributed by atoms with Crippen LogP contribution in [0.2, 0.25) is 0 Å². The standard InChI is InChI=1S/C8H14N6/c1-2-11-7-13-5(8(10)3-4-8)12-6(9)14-7/h2-4,10H2,1H3,(H3,9,11,12,13,14). The van der Waals surface area contributed by atoms with Gasteiger partial charge in [0.2, 0.25) is 11.9 Å². The van der Waals surface area contributed by atoms with E-state index in [4.69, 9.17) is 11.5 Å². The van der Waals surface area contributed by atoms with E-state index in [1.54, 1.807) is 0 Å². The van der Waals surface area contributed by atoms with Crippen molar-refractivity contribution in [3.63, 3.8) is 0 Å². The molecule has 0 aliphatic heterocycles. The Bertz CT molecular complexity index is 346. The van der Waals surface area contributed by atoms with Gasteiger partial charge in [-0.2, -0.15) is 15.0 Å². The zero-order chi connectivity index (χ0) is 10.2. The van der Waals surface area contributed by atoms with E-state index in [0.717, 1.165) is 19.4 Å². The van der Waals surface area contributed by atoms with Crippen LogP contribution in [0.4, 0.5) is 11.9 Å². The summed E-state index contributed by atoms with van der Waals surface area (Å²) in [6.45, 7) is 2.72. The Balaban J connectivity index is 2.32. The lowest BCUT2D eigenvalue weighted by Gasteiger charge is -2.09. The second-order valence-electron chi connectivity index (χ2n) is 3.53.